The van der Waals surface area contributed by atoms with Crippen molar-refractivity contribution in [3.8, 4) is 124 Å². The van der Waals surface area contributed by atoms with Crippen molar-refractivity contribution in [2.24, 2.45) is 21.1 Å². The summed E-state index contributed by atoms with van der Waals surface area (Å²) in [6.45, 7) is 25.8. The second-order valence-electron chi connectivity index (χ2n) is 33.6. The lowest BCUT2D eigenvalue weighted by Crippen LogP contribution is -1.97. The van der Waals surface area contributed by atoms with Gasteiger partial charge in [0, 0.05) is 190 Å². The zero-order valence-corrected chi connectivity index (χ0v) is 75.1. The fourth-order valence-electron chi connectivity index (χ4n) is 19.2. The highest BCUT2D eigenvalue weighted by atomic mass is 16.5. The van der Waals surface area contributed by atoms with E-state index >= 15 is 0 Å². The van der Waals surface area contributed by atoms with Crippen LogP contribution in [0.5, 0.6) is 23.0 Å². The number of aromatic amines is 5. The Bertz CT molecular complexity index is 7760. The predicted molar refractivity (Wildman–Crippen MR) is 498 cm³/mol. The molecule has 0 amide bonds. The normalized spacial score (nSPS) is 12.8. The number of nitrogens with zero attached hydrogens (tertiary/aromatic N) is 15. The van der Waals surface area contributed by atoms with Gasteiger partial charge in [-0.3, -0.25) is 39.1 Å². The second-order valence-corrected chi connectivity index (χ2v) is 33.6. The number of hydrogen-bond donors (Lipinski definition) is 5. The Morgan fingerprint density at radius 1 is 0.328 bits per heavy atom. The van der Waals surface area contributed by atoms with Crippen LogP contribution in [-0.2, 0) is 21.1 Å². The van der Waals surface area contributed by atoms with Crippen LogP contribution in [0.1, 0.15) is 123 Å². The van der Waals surface area contributed by atoms with Crippen LogP contribution in [0.25, 0.3) is 188 Å². The molecule has 28 nitrogen and oxygen atoms in total. The van der Waals surface area contributed by atoms with Crippen molar-refractivity contribution in [1.82, 2.24) is 100 Å². The first kappa shape index (κ1) is 81.1. The number of nitrogens with one attached hydrogen (secondary N) is 5. The molecule has 0 radical (unpaired) electrons. The second kappa shape index (κ2) is 31.5. The fourth-order valence-corrected chi connectivity index (χ4v) is 19.2. The van der Waals surface area contributed by atoms with E-state index in [2.05, 4.69) is 137 Å². The SMILES string of the molecule is COc1cc2c(cc1-c1c(C)noc1C)[nH]c1ccnc(-c3c(-c4ccccc4)n[nH]c3C)c12.COc1cc2c(cc1-c1c(C)noc1C)[nH]c1ccnc(-c3c(C)nn(C)c3C)c12.COc1cc2c(cc1-c1c(C)noc1C)[nH]c1ccnc(-c3c(C)nn(C)c3C3CC3)c12.COc1cc2c(cc1-c1c(C)noc1C)[nH]c1ccnc(-c3c(C4CC4)nn(C)c3C)c12. The van der Waals surface area contributed by atoms with Gasteiger partial charge in [0.1, 0.15) is 51.7 Å². The highest BCUT2D eigenvalue weighted by Crippen LogP contribution is 2.52. The number of pyridine rings is 4. The maximum Gasteiger partial charge on any atom is 0.141 e. The van der Waals surface area contributed by atoms with Crippen LogP contribution in [0.15, 0.2) is 146 Å². The summed E-state index contributed by atoms with van der Waals surface area (Å²) in [4.78, 5) is 33.6. The van der Waals surface area contributed by atoms with Gasteiger partial charge < -0.3 is 57.0 Å². The Morgan fingerprint density at radius 2 is 0.656 bits per heavy atom. The van der Waals surface area contributed by atoms with E-state index in [-0.39, 0.29) is 0 Å². The molecule has 0 aliphatic heterocycles. The topological polar surface area (TPSA) is 338 Å². The molecule has 128 heavy (non-hydrogen) atoms. The molecule has 0 bridgehead atoms. The Morgan fingerprint density at radius 3 is 0.992 bits per heavy atom. The molecule has 0 saturated heterocycles. The first-order valence-electron chi connectivity index (χ1n) is 42.8. The summed E-state index contributed by atoms with van der Waals surface area (Å²) < 4.78 is 50.8. The molecule has 16 aromatic heterocycles. The Labute approximate surface area is 734 Å². The highest BCUT2D eigenvalue weighted by Gasteiger charge is 2.36. The van der Waals surface area contributed by atoms with Gasteiger partial charge in [-0.1, -0.05) is 51.0 Å². The van der Waals surface area contributed by atoms with Gasteiger partial charge in [-0.05, 0) is 188 Å². The molecule has 2 aliphatic rings. The number of H-pyrrole nitrogens is 5. The van der Waals surface area contributed by atoms with Crippen LogP contribution >= 0.6 is 0 Å². The number of benzene rings is 5. The lowest BCUT2D eigenvalue weighted by atomic mass is 9.97. The first-order chi connectivity index (χ1) is 61.9. The van der Waals surface area contributed by atoms with Gasteiger partial charge in [0.15, 0.2) is 0 Å². The van der Waals surface area contributed by atoms with E-state index in [9.17, 15) is 0 Å². The monoisotopic (exact) mass is 1700 g/mol. The van der Waals surface area contributed by atoms with Gasteiger partial charge in [0.05, 0.1) is 141 Å². The molecular formula is C100H96N20O8. The van der Waals surface area contributed by atoms with E-state index < -0.39 is 0 Å². The molecule has 0 spiro atoms. The highest BCUT2D eigenvalue weighted by molar-refractivity contribution is 6.19. The van der Waals surface area contributed by atoms with E-state index in [1.165, 1.54) is 37.1 Å². The van der Waals surface area contributed by atoms with Gasteiger partial charge in [0.25, 0.3) is 0 Å². The number of aryl methyl sites for hydroxylation is 14. The van der Waals surface area contributed by atoms with Crippen molar-refractivity contribution in [1.29, 1.82) is 0 Å². The number of methoxy groups -OCH3 is 4. The third-order valence-corrected chi connectivity index (χ3v) is 25.5. The molecule has 2 saturated carbocycles. The first-order valence-corrected chi connectivity index (χ1v) is 42.8. The van der Waals surface area contributed by atoms with E-state index in [4.69, 9.17) is 67.2 Å². The van der Waals surface area contributed by atoms with Crippen molar-refractivity contribution >= 4 is 87.2 Å². The van der Waals surface area contributed by atoms with Crippen LogP contribution in [0.4, 0.5) is 0 Å². The average Bonchev–Trinajstić information content (AvgIpc) is 1.56. The number of hydrogen-bond acceptors (Lipinski definition) is 20. The lowest BCUT2D eigenvalue weighted by molar-refractivity contribution is 0.393. The molecule has 644 valence electrons. The molecule has 2 aliphatic carbocycles. The van der Waals surface area contributed by atoms with Gasteiger partial charge in [-0.25, -0.2) is 0 Å². The summed E-state index contributed by atoms with van der Waals surface area (Å²) >= 11 is 0. The van der Waals surface area contributed by atoms with Crippen LogP contribution in [0.3, 0.4) is 0 Å². The van der Waals surface area contributed by atoms with Crippen molar-refractivity contribution in [3.63, 3.8) is 0 Å². The van der Waals surface area contributed by atoms with Gasteiger partial charge >= 0.3 is 0 Å². The van der Waals surface area contributed by atoms with Gasteiger partial charge in [-0.15, -0.1) is 0 Å². The summed E-state index contributed by atoms with van der Waals surface area (Å²) in [5.74, 6) is 7.28. The average molecular weight is 1710 g/mol. The molecule has 23 rings (SSSR count). The molecule has 5 N–H and O–H groups in total. The molecule has 5 aromatic carbocycles. The maximum atomic E-state index is 5.83. The van der Waals surface area contributed by atoms with E-state index in [1.54, 1.807) is 28.4 Å². The van der Waals surface area contributed by atoms with Gasteiger partial charge in [-0.2, -0.15) is 20.4 Å². The van der Waals surface area contributed by atoms with E-state index in [1.807, 2.05) is 172 Å². The summed E-state index contributed by atoms with van der Waals surface area (Å²) in [6, 6.07) is 35.0. The molecule has 21 aromatic rings. The van der Waals surface area contributed by atoms with Crippen molar-refractivity contribution in [2.75, 3.05) is 28.4 Å². The Balaban J connectivity index is 0.000000107. The largest absolute Gasteiger partial charge is 0.496 e. The summed E-state index contributed by atoms with van der Waals surface area (Å²) in [6.07, 6.45) is 12.2. The van der Waals surface area contributed by atoms with E-state index in [0.717, 1.165) is 285 Å². The third kappa shape index (κ3) is 13.4. The van der Waals surface area contributed by atoms with Gasteiger partial charge in [0.2, 0.25) is 0 Å². The summed E-state index contributed by atoms with van der Waals surface area (Å²) in [5, 5.41) is 47.0. The maximum absolute atomic E-state index is 5.83. The molecule has 0 atom stereocenters. The molecule has 28 heteroatoms. The molecule has 2 fully saturated rings. The minimum Gasteiger partial charge on any atom is -0.496 e. The quantitative estimate of drug-likeness (QED) is 0.0636. The zero-order valence-electron chi connectivity index (χ0n) is 75.1. The summed E-state index contributed by atoms with van der Waals surface area (Å²) in [5.41, 5.74) is 36.9. The molecule has 16 heterocycles. The Kier molecular flexibility index (Phi) is 20.0. The van der Waals surface area contributed by atoms with Crippen LogP contribution in [0.2, 0.25) is 0 Å². The zero-order chi connectivity index (χ0) is 88.8. The number of fused-ring (bicyclic) bond motifs is 12. The fraction of sp³-hybridized carbons (Fsp3) is 0.260. The Hall–Kier alpha value is -15.2. The van der Waals surface area contributed by atoms with Crippen molar-refractivity contribution in [2.45, 2.75) is 128 Å². The number of ether oxygens (including phenoxy) is 4. The van der Waals surface area contributed by atoms with Crippen molar-refractivity contribution < 1.29 is 37.0 Å². The lowest BCUT2D eigenvalue weighted by Gasteiger charge is -2.10. The number of rotatable bonds is 15. The molecule has 0 unspecified atom stereocenters. The van der Waals surface area contributed by atoms with Crippen molar-refractivity contribution in [3.05, 3.63) is 214 Å². The third-order valence-electron chi connectivity index (χ3n) is 25.5. The minimum atomic E-state index is 0.535. The van der Waals surface area contributed by atoms with Crippen LogP contribution in [0, 0.1) is 90.0 Å². The standard InChI is InChI=1S/C27H23N5O2.2C25H25N5O2.C23H23N5O2/c1-14-24(26(31-30-14)17-8-6-5-7-9-17)27-25-18-13-22(33-4)19(23-15(2)32-34-16(23)3)12-21(18)29-20(25)10-11-28-27;1-12-22(25(15-6-7-15)30(4)28-12)24-23-16-11-20(31-5)17(21-13(2)29-32-14(21)3)10-19(16)27-18(23)8-9-26-24;1-12-21(14(3)32-29-12)17-10-19-16(11-20(17)31-5)23-18(27-19)8-9-26-25(23)22-13(2)30(4)28-24(22)15-6-7-15;1-11-20(13(3)28(5)26-11)23-22-15-10-19(29-6)16(21-12(2)27-30-14(21)4)9-18(15)25-17(22)7-8-24-23/h5-13,29H,1-4H3,(H,30,31);2*8-11,15,27H,6-7H2,1-5H3;7-10,25H,1-6H3. The van der Waals surface area contributed by atoms with Crippen LogP contribution in [-0.4, -0.2) is 128 Å². The predicted octanol–water partition coefficient (Wildman–Crippen LogP) is 22.5. The smallest absolute Gasteiger partial charge is 0.141 e. The molecular weight excluding hydrogens is 1610 g/mol. The van der Waals surface area contributed by atoms with E-state index in [0.29, 0.717) is 11.8 Å². The van der Waals surface area contributed by atoms with Crippen LogP contribution < -0.4 is 18.9 Å². The summed E-state index contributed by atoms with van der Waals surface area (Å²) in [7, 11) is 12.8. The minimum absolute atomic E-state index is 0.535. The number of aromatic nitrogens is 20.